The lowest BCUT2D eigenvalue weighted by Gasteiger charge is -2.28. The normalized spacial score (nSPS) is 28.7. The maximum atomic E-state index is 14.3. The zero-order valence-electron chi connectivity index (χ0n) is 10.6. The number of rotatable bonds is 3. The van der Waals surface area contributed by atoms with Gasteiger partial charge < -0.3 is 4.90 Å². The van der Waals surface area contributed by atoms with Gasteiger partial charge in [0.2, 0.25) is 0 Å². The monoisotopic (exact) mass is 252 g/mol. The molecule has 1 amide bonds. The molecule has 0 aromatic heterocycles. The Kier molecular flexibility index (Phi) is 3.76. The third-order valence-electron chi connectivity index (χ3n) is 3.29. The fraction of sp³-hybridized carbons (Fsp3) is 0.909. The minimum Gasteiger partial charge on any atom is -0.343 e. The Morgan fingerprint density at radius 3 is 2.24 bits per heavy atom. The summed E-state index contributed by atoms with van der Waals surface area (Å²) in [5.74, 6) is -4.76. The number of alkyl halides is 3. The number of likely N-dealkylation sites (tertiary alicyclic amines) is 1. The smallest absolute Gasteiger partial charge is 0.304 e. The standard InChI is InChI=1S/C11H19F3N2O/c1-5-15(4)9(17)10(12)6-16(8(2)3)7-11(10,13)14/h8H,5-7H2,1-4H3. The summed E-state index contributed by atoms with van der Waals surface area (Å²) in [6, 6.07) is -0.210. The first-order chi connectivity index (χ1) is 7.65. The summed E-state index contributed by atoms with van der Waals surface area (Å²) in [5, 5.41) is 0. The highest BCUT2D eigenvalue weighted by atomic mass is 19.3. The lowest BCUT2D eigenvalue weighted by Crippen LogP contribution is -2.55. The van der Waals surface area contributed by atoms with Gasteiger partial charge in [0.15, 0.2) is 0 Å². The van der Waals surface area contributed by atoms with E-state index < -0.39 is 30.6 Å². The maximum Gasteiger partial charge on any atom is 0.304 e. The van der Waals surface area contributed by atoms with Crippen LogP contribution in [0.2, 0.25) is 0 Å². The Labute approximate surface area is 99.6 Å². The fourth-order valence-corrected chi connectivity index (χ4v) is 1.87. The molecule has 1 unspecified atom stereocenters. The third-order valence-corrected chi connectivity index (χ3v) is 3.29. The van der Waals surface area contributed by atoms with E-state index in [1.54, 1.807) is 20.8 Å². The van der Waals surface area contributed by atoms with Crippen LogP contribution in [0.25, 0.3) is 0 Å². The van der Waals surface area contributed by atoms with Crippen LogP contribution in [0.5, 0.6) is 0 Å². The van der Waals surface area contributed by atoms with Crippen molar-refractivity contribution in [1.82, 2.24) is 9.80 Å². The lowest BCUT2D eigenvalue weighted by molar-refractivity contribution is -0.163. The van der Waals surface area contributed by atoms with Crippen LogP contribution in [0.3, 0.4) is 0 Å². The number of carbonyl (C=O) groups excluding carboxylic acids is 1. The summed E-state index contributed by atoms with van der Waals surface area (Å²) in [6.45, 7) is 3.99. The third kappa shape index (κ3) is 2.27. The van der Waals surface area contributed by atoms with E-state index in [0.29, 0.717) is 0 Å². The molecule has 1 heterocycles. The predicted molar refractivity (Wildman–Crippen MR) is 58.8 cm³/mol. The Bertz CT molecular complexity index is 309. The van der Waals surface area contributed by atoms with Crippen molar-refractivity contribution in [2.24, 2.45) is 0 Å². The number of hydrogen-bond acceptors (Lipinski definition) is 2. The van der Waals surface area contributed by atoms with Crippen molar-refractivity contribution in [3.8, 4) is 0 Å². The Morgan fingerprint density at radius 2 is 1.88 bits per heavy atom. The fourth-order valence-electron chi connectivity index (χ4n) is 1.87. The first-order valence-corrected chi connectivity index (χ1v) is 5.72. The van der Waals surface area contributed by atoms with Crippen LogP contribution in [-0.4, -0.2) is 60.0 Å². The number of amides is 1. The average molecular weight is 252 g/mol. The minimum absolute atomic E-state index is 0.210. The first-order valence-electron chi connectivity index (χ1n) is 5.72. The van der Waals surface area contributed by atoms with Gasteiger partial charge in [-0.3, -0.25) is 9.69 Å². The van der Waals surface area contributed by atoms with Crippen LogP contribution in [0.4, 0.5) is 13.2 Å². The van der Waals surface area contributed by atoms with Crippen LogP contribution < -0.4 is 0 Å². The molecule has 0 bridgehead atoms. The van der Waals surface area contributed by atoms with Crippen LogP contribution in [0.1, 0.15) is 20.8 Å². The van der Waals surface area contributed by atoms with Gasteiger partial charge in [0, 0.05) is 26.2 Å². The molecule has 6 heteroatoms. The van der Waals surface area contributed by atoms with Gasteiger partial charge in [-0.1, -0.05) is 0 Å². The molecule has 1 fully saturated rings. The SMILES string of the molecule is CCN(C)C(=O)C1(F)CN(C(C)C)CC1(F)F. The highest BCUT2D eigenvalue weighted by molar-refractivity contribution is 5.87. The van der Waals surface area contributed by atoms with Crippen molar-refractivity contribution < 1.29 is 18.0 Å². The molecule has 1 atom stereocenters. The molecular formula is C11H19F3N2O. The lowest BCUT2D eigenvalue weighted by atomic mass is 10.00. The molecule has 3 nitrogen and oxygen atoms in total. The zero-order valence-corrected chi connectivity index (χ0v) is 10.6. The van der Waals surface area contributed by atoms with E-state index >= 15 is 0 Å². The molecule has 100 valence electrons. The van der Waals surface area contributed by atoms with Crippen molar-refractivity contribution in [2.75, 3.05) is 26.7 Å². The van der Waals surface area contributed by atoms with Crippen LogP contribution >= 0.6 is 0 Å². The molecule has 1 saturated heterocycles. The van der Waals surface area contributed by atoms with Crippen molar-refractivity contribution in [2.45, 2.75) is 38.4 Å². The molecule has 0 aliphatic carbocycles. The molecule has 1 rings (SSSR count). The number of nitrogens with zero attached hydrogens (tertiary/aromatic N) is 2. The molecular weight excluding hydrogens is 233 g/mol. The van der Waals surface area contributed by atoms with E-state index in [2.05, 4.69) is 0 Å². The highest BCUT2D eigenvalue weighted by Crippen LogP contribution is 2.41. The van der Waals surface area contributed by atoms with Crippen molar-refractivity contribution >= 4 is 5.91 Å². The van der Waals surface area contributed by atoms with Crippen molar-refractivity contribution in [3.05, 3.63) is 0 Å². The largest absolute Gasteiger partial charge is 0.343 e. The molecule has 0 aromatic rings. The van der Waals surface area contributed by atoms with E-state index in [-0.39, 0.29) is 12.6 Å². The molecule has 0 spiro atoms. The molecule has 0 aromatic carbocycles. The highest BCUT2D eigenvalue weighted by Gasteiger charge is 2.66. The van der Waals surface area contributed by atoms with Gasteiger partial charge in [-0.05, 0) is 20.8 Å². The van der Waals surface area contributed by atoms with E-state index in [4.69, 9.17) is 0 Å². The van der Waals surface area contributed by atoms with Gasteiger partial charge in [-0.2, -0.15) is 0 Å². The van der Waals surface area contributed by atoms with Gasteiger partial charge in [0.05, 0.1) is 6.54 Å². The Balaban J connectivity index is 2.98. The second kappa shape index (κ2) is 4.48. The summed E-state index contributed by atoms with van der Waals surface area (Å²) in [4.78, 5) is 14.0. The number of hydrogen-bond donors (Lipinski definition) is 0. The van der Waals surface area contributed by atoms with Crippen LogP contribution in [0.15, 0.2) is 0 Å². The summed E-state index contributed by atoms with van der Waals surface area (Å²) in [7, 11) is 1.33. The van der Waals surface area contributed by atoms with E-state index in [1.807, 2.05) is 0 Å². The van der Waals surface area contributed by atoms with E-state index in [1.165, 1.54) is 11.9 Å². The first kappa shape index (κ1) is 14.3. The Hall–Kier alpha value is -0.780. The number of halogens is 3. The quantitative estimate of drug-likeness (QED) is 0.760. The second-order valence-electron chi connectivity index (χ2n) is 4.82. The Morgan fingerprint density at radius 1 is 1.35 bits per heavy atom. The molecule has 0 N–H and O–H groups in total. The van der Waals surface area contributed by atoms with Crippen molar-refractivity contribution in [3.63, 3.8) is 0 Å². The molecule has 0 radical (unpaired) electrons. The molecule has 17 heavy (non-hydrogen) atoms. The summed E-state index contributed by atoms with van der Waals surface area (Å²) >= 11 is 0. The topological polar surface area (TPSA) is 23.6 Å². The van der Waals surface area contributed by atoms with Gasteiger partial charge in [0.1, 0.15) is 0 Å². The van der Waals surface area contributed by atoms with Crippen LogP contribution in [0, 0.1) is 0 Å². The summed E-state index contributed by atoms with van der Waals surface area (Å²) < 4.78 is 41.7. The van der Waals surface area contributed by atoms with Gasteiger partial charge >= 0.3 is 5.92 Å². The summed E-state index contributed by atoms with van der Waals surface area (Å²) in [5.41, 5.74) is -3.10. The predicted octanol–water partition coefficient (Wildman–Crippen LogP) is 1.53. The van der Waals surface area contributed by atoms with Gasteiger partial charge in [0.25, 0.3) is 11.6 Å². The van der Waals surface area contributed by atoms with E-state index in [9.17, 15) is 18.0 Å². The molecule has 0 saturated carbocycles. The number of carbonyl (C=O) groups is 1. The van der Waals surface area contributed by atoms with Crippen LogP contribution in [-0.2, 0) is 4.79 Å². The van der Waals surface area contributed by atoms with Crippen molar-refractivity contribution in [1.29, 1.82) is 0 Å². The maximum absolute atomic E-state index is 14.3. The molecule has 1 aliphatic rings. The molecule has 1 aliphatic heterocycles. The van der Waals surface area contributed by atoms with Gasteiger partial charge in [-0.15, -0.1) is 0 Å². The minimum atomic E-state index is -3.63. The average Bonchev–Trinajstić information content (AvgIpc) is 2.49. The summed E-state index contributed by atoms with van der Waals surface area (Å²) in [6.07, 6.45) is 0. The van der Waals surface area contributed by atoms with E-state index in [0.717, 1.165) is 4.90 Å². The zero-order chi connectivity index (χ0) is 13.4. The van der Waals surface area contributed by atoms with Gasteiger partial charge in [-0.25, -0.2) is 13.2 Å². The second-order valence-corrected chi connectivity index (χ2v) is 4.82.